The quantitative estimate of drug-likeness (QED) is 0.545. The van der Waals surface area contributed by atoms with Crippen LogP contribution >= 0.6 is 0 Å². The second-order valence-electron chi connectivity index (χ2n) is 5.78. The Morgan fingerprint density at radius 1 is 0.962 bits per heavy atom. The normalized spacial score (nSPS) is 10.4. The minimum absolute atomic E-state index is 0.546. The maximum Gasteiger partial charge on any atom is 0.201 e. The molecule has 126 valence electrons. The van der Waals surface area contributed by atoms with Crippen molar-refractivity contribution in [3.63, 3.8) is 0 Å². The number of fused-ring (bicyclic) bond motifs is 1. The van der Waals surface area contributed by atoms with Crippen LogP contribution < -0.4 is 10.1 Å². The summed E-state index contributed by atoms with van der Waals surface area (Å²) in [6.45, 7) is 0.546. The third-order valence-electron chi connectivity index (χ3n) is 4.02. The number of hydrogen-bond donors (Lipinski definition) is 2. The fraction of sp³-hybridized carbons (Fsp3) is 0.0476. The molecule has 1 aromatic heterocycles. The van der Waals surface area contributed by atoms with Crippen LogP contribution in [0.2, 0.25) is 0 Å². The number of ether oxygens (including phenoxy) is 1. The molecule has 0 fully saturated rings. The van der Waals surface area contributed by atoms with E-state index in [9.17, 15) is 5.26 Å². The van der Waals surface area contributed by atoms with Crippen LogP contribution in [0.25, 0.3) is 11.0 Å². The number of aromatic nitrogens is 2. The number of nitrogens with zero attached hydrogens (tertiary/aromatic N) is 2. The van der Waals surface area contributed by atoms with Gasteiger partial charge < -0.3 is 15.0 Å². The summed E-state index contributed by atoms with van der Waals surface area (Å²) >= 11 is 0. The van der Waals surface area contributed by atoms with Gasteiger partial charge in [-0.2, -0.15) is 5.26 Å². The molecule has 3 aromatic carbocycles. The van der Waals surface area contributed by atoms with Gasteiger partial charge in [0.15, 0.2) is 0 Å². The smallest absolute Gasteiger partial charge is 0.201 e. The Hall–Kier alpha value is -3.78. The Morgan fingerprint density at radius 2 is 1.77 bits per heavy atom. The number of para-hydroxylation sites is 3. The van der Waals surface area contributed by atoms with Gasteiger partial charge in [0.2, 0.25) is 5.95 Å². The standard InChI is InChI=1S/C21H16N4O/c22-13-15-8-6-11-18-20(15)25-21(24-18)23-14-16-7-4-5-12-19(16)26-17-9-2-1-3-10-17/h1-12H,14H2,(H2,23,24,25). The molecule has 26 heavy (non-hydrogen) atoms. The summed E-state index contributed by atoms with van der Waals surface area (Å²) in [6.07, 6.45) is 0. The number of nitriles is 1. The topological polar surface area (TPSA) is 73.7 Å². The largest absolute Gasteiger partial charge is 0.457 e. The molecule has 4 aromatic rings. The lowest BCUT2D eigenvalue weighted by atomic mass is 10.2. The van der Waals surface area contributed by atoms with Crippen molar-refractivity contribution in [2.75, 3.05) is 5.32 Å². The van der Waals surface area contributed by atoms with Crippen molar-refractivity contribution in [2.24, 2.45) is 0 Å². The first-order valence-corrected chi connectivity index (χ1v) is 8.27. The van der Waals surface area contributed by atoms with Gasteiger partial charge in [0.25, 0.3) is 0 Å². The Kier molecular flexibility index (Phi) is 4.23. The zero-order valence-corrected chi connectivity index (χ0v) is 13.9. The third-order valence-corrected chi connectivity index (χ3v) is 4.02. The van der Waals surface area contributed by atoms with E-state index in [0.29, 0.717) is 23.6 Å². The summed E-state index contributed by atoms with van der Waals surface area (Å²) in [6, 6.07) is 25.2. The van der Waals surface area contributed by atoms with Crippen LogP contribution in [0.4, 0.5) is 5.95 Å². The van der Waals surface area contributed by atoms with E-state index in [-0.39, 0.29) is 0 Å². The SMILES string of the molecule is N#Cc1cccc2[nH]c(NCc3ccccc3Oc3ccccc3)nc12. The molecule has 0 saturated heterocycles. The third kappa shape index (κ3) is 3.21. The van der Waals surface area contributed by atoms with Crippen LogP contribution in [0.15, 0.2) is 72.8 Å². The molecule has 0 bridgehead atoms. The maximum atomic E-state index is 9.19. The first-order chi connectivity index (χ1) is 12.8. The summed E-state index contributed by atoms with van der Waals surface area (Å²) in [5.41, 5.74) is 3.07. The van der Waals surface area contributed by atoms with Gasteiger partial charge in [-0.3, -0.25) is 0 Å². The van der Waals surface area contributed by atoms with Crippen molar-refractivity contribution in [1.29, 1.82) is 5.26 Å². The van der Waals surface area contributed by atoms with E-state index in [1.165, 1.54) is 0 Å². The number of aromatic amines is 1. The van der Waals surface area contributed by atoms with Crippen molar-refractivity contribution in [3.8, 4) is 17.6 Å². The van der Waals surface area contributed by atoms with Crippen molar-refractivity contribution in [2.45, 2.75) is 6.54 Å². The number of anilines is 1. The lowest BCUT2D eigenvalue weighted by molar-refractivity contribution is 0.477. The van der Waals surface area contributed by atoms with Crippen LogP contribution in [0.3, 0.4) is 0 Å². The van der Waals surface area contributed by atoms with Crippen molar-refractivity contribution in [3.05, 3.63) is 83.9 Å². The first kappa shape index (κ1) is 15.7. The minimum Gasteiger partial charge on any atom is -0.457 e. The van der Waals surface area contributed by atoms with Gasteiger partial charge >= 0.3 is 0 Å². The fourth-order valence-corrected chi connectivity index (χ4v) is 2.75. The van der Waals surface area contributed by atoms with Crippen LogP contribution in [0, 0.1) is 11.3 Å². The number of imidazole rings is 1. The number of benzene rings is 3. The first-order valence-electron chi connectivity index (χ1n) is 8.27. The number of H-pyrrole nitrogens is 1. The summed E-state index contributed by atoms with van der Waals surface area (Å²) in [7, 11) is 0. The number of hydrogen-bond acceptors (Lipinski definition) is 4. The average Bonchev–Trinajstić information content (AvgIpc) is 3.11. The van der Waals surface area contributed by atoms with Gasteiger partial charge in [-0.25, -0.2) is 4.98 Å². The zero-order valence-electron chi connectivity index (χ0n) is 13.9. The summed E-state index contributed by atoms with van der Waals surface area (Å²) in [5.74, 6) is 2.21. The molecule has 1 heterocycles. The van der Waals surface area contributed by atoms with Crippen LogP contribution in [-0.4, -0.2) is 9.97 Å². The molecule has 2 N–H and O–H groups in total. The summed E-state index contributed by atoms with van der Waals surface area (Å²) < 4.78 is 5.98. The zero-order chi connectivity index (χ0) is 17.8. The highest BCUT2D eigenvalue weighted by atomic mass is 16.5. The molecule has 0 spiro atoms. The van der Waals surface area contributed by atoms with Crippen molar-refractivity contribution < 1.29 is 4.74 Å². The lowest BCUT2D eigenvalue weighted by Gasteiger charge is -2.11. The molecule has 0 aliphatic carbocycles. The Bertz CT molecular complexity index is 1080. The summed E-state index contributed by atoms with van der Waals surface area (Å²) in [4.78, 5) is 7.68. The summed E-state index contributed by atoms with van der Waals surface area (Å²) in [5, 5.41) is 12.5. The Balaban J connectivity index is 1.54. The highest BCUT2D eigenvalue weighted by molar-refractivity contribution is 5.83. The predicted molar refractivity (Wildman–Crippen MR) is 101 cm³/mol. The Morgan fingerprint density at radius 3 is 2.62 bits per heavy atom. The molecule has 0 unspecified atom stereocenters. The molecule has 0 saturated carbocycles. The highest BCUT2D eigenvalue weighted by Crippen LogP contribution is 2.26. The molecule has 0 aliphatic heterocycles. The van der Waals surface area contributed by atoms with E-state index in [0.717, 1.165) is 22.6 Å². The van der Waals surface area contributed by atoms with E-state index < -0.39 is 0 Å². The van der Waals surface area contributed by atoms with Gasteiger partial charge in [-0.05, 0) is 30.3 Å². The fourth-order valence-electron chi connectivity index (χ4n) is 2.75. The molecule has 5 heteroatoms. The van der Waals surface area contributed by atoms with Gasteiger partial charge in [0, 0.05) is 12.1 Å². The van der Waals surface area contributed by atoms with Gasteiger partial charge in [-0.1, -0.05) is 42.5 Å². The van der Waals surface area contributed by atoms with Crippen LogP contribution in [0.1, 0.15) is 11.1 Å². The minimum atomic E-state index is 0.546. The van der Waals surface area contributed by atoms with Gasteiger partial charge in [0.05, 0.1) is 11.1 Å². The molecule has 4 rings (SSSR count). The Labute approximate surface area is 150 Å². The molecular formula is C21H16N4O. The van der Waals surface area contributed by atoms with E-state index in [4.69, 9.17) is 4.74 Å². The molecule has 0 amide bonds. The van der Waals surface area contributed by atoms with Crippen LogP contribution in [-0.2, 0) is 6.54 Å². The molecule has 0 radical (unpaired) electrons. The second-order valence-corrected chi connectivity index (χ2v) is 5.78. The molecule has 5 nitrogen and oxygen atoms in total. The second kappa shape index (κ2) is 6.99. The monoisotopic (exact) mass is 340 g/mol. The molecule has 0 atom stereocenters. The van der Waals surface area contributed by atoms with Crippen molar-refractivity contribution in [1.82, 2.24) is 9.97 Å². The van der Waals surface area contributed by atoms with E-state index in [1.807, 2.05) is 66.7 Å². The highest BCUT2D eigenvalue weighted by Gasteiger charge is 2.08. The molecule has 0 aliphatic rings. The van der Waals surface area contributed by atoms with Gasteiger partial charge in [0.1, 0.15) is 23.1 Å². The molecular weight excluding hydrogens is 324 g/mol. The number of nitrogens with one attached hydrogen (secondary N) is 2. The van der Waals surface area contributed by atoms with Gasteiger partial charge in [-0.15, -0.1) is 0 Å². The average molecular weight is 340 g/mol. The van der Waals surface area contributed by atoms with Crippen LogP contribution in [0.5, 0.6) is 11.5 Å². The van der Waals surface area contributed by atoms with E-state index in [1.54, 1.807) is 6.07 Å². The predicted octanol–water partition coefficient (Wildman–Crippen LogP) is 4.84. The van der Waals surface area contributed by atoms with Crippen molar-refractivity contribution >= 4 is 17.0 Å². The lowest BCUT2D eigenvalue weighted by Crippen LogP contribution is -2.02. The number of rotatable bonds is 5. The van der Waals surface area contributed by atoms with E-state index >= 15 is 0 Å². The van der Waals surface area contributed by atoms with E-state index in [2.05, 4.69) is 21.4 Å². The maximum absolute atomic E-state index is 9.19.